The van der Waals surface area contributed by atoms with Crippen LogP contribution >= 0.6 is 0 Å². The highest BCUT2D eigenvalue weighted by atomic mass is 28.2. The van der Waals surface area contributed by atoms with Crippen molar-refractivity contribution in [1.82, 2.24) is 0 Å². The summed E-state index contributed by atoms with van der Waals surface area (Å²) in [6.07, 6.45) is 3.98. The Hall–Kier alpha value is -1.54. The highest BCUT2D eigenvalue weighted by molar-refractivity contribution is 6.45. The van der Waals surface area contributed by atoms with Gasteiger partial charge in [0.2, 0.25) is 0 Å². The van der Waals surface area contributed by atoms with E-state index in [1.807, 2.05) is 6.20 Å². The van der Waals surface area contributed by atoms with Crippen LogP contribution in [-0.2, 0) is 0 Å². The van der Waals surface area contributed by atoms with E-state index >= 15 is 0 Å². The van der Waals surface area contributed by atoms with Crippen LogP contribution in [0.1, 0.15) is 5.56 Å². The topological polar surface area (TPSA) is 12.4 Å². The summed E-state index contributed by atoms with van der Waals surface area (Å²) in [7, 11) is 0.574. The lowest BCUT2D eigenvalue weighted by Gasteiger charge is -2.06. The van der Waals surface area contributed by atoms with E-state index < -0.39 is 0 Å². The molecule has 0 atom stereocenters. The van der Waals surface area contributed by atoms with Gasteiger partial charge in [-0.2, -0.15) is 0 Å². The first-order valence-electron chi connectivity index (χ1n) is 4.59. The van der Waals surface area contributed by atoms with Gasteiger partial charge in [-0.05, 0) is 39.7 Å². The van der Waals surface area contributed by atoms with Crippen molar-refractivity contribution in [2.45, 2.75) is 0 Å². The minimum atomic E-state index is 0.574. The third-order valence-electron chi connectivity index (χ3n) is 2.43. The molecule has 2 heteroatoms. The largest absolute Gasteiger partial charge is 0.302 e. The Morgan fingerprint density at radius 2 is 1.79 bits per heavy atom. The standard InChI is InChI=1S/C12H8NSi/c1-2-4-10-8-12-11(5-6-13-14-12)7-9(10)3-1/h1-8H. The smallest absolute Gasteiger partial charge is 0.196 e. The van der Waals surface area contributed by atoms with Crippen molar-refractivity contribution in [2.75, 3.05) is 0 Å². The summed E-state index contributed by atoms with van der Waals surface area (Å²) in [6, 6.07) is 12.9. The summed E-state index contributed by atoms with van der Waals surface area (Å²) in [5, 5.41) is 3.97. The minimum Gasteiger partial charge on any atom is -0.302 e. The first kappa shape index (κ1) is 7.82. The first-order chi connectivity index (χ1) is 6.93. The fraction of sp³-hybridized carbons (Fsp3) is 0. The van der Waals surface area contributed by atoms with E-state index in [-0.39, 0.29) is 0 Å². The maximum atomic E-state index is 4.27. The molecule has 1 radical (unpaired) electrons. The van der Waals surface area contributed by atoms with Crippen molar-refractivity contribution >= 4 is 31.3 Å². The fourth-order valence-corrected chi connectivity index (χ4v) is 2.51. The van der Waals surface area contributed by atoms with Gasteiger partial charge in [-0.3, -0.25) is 0 Å². The Balaban J connectivity index is 2.40. The molecule has 0 aliphatic carbocycles. The van der Waals surface area contributed by atoms with Gasteiger partial charge in [-0.25, -0.2) is 0 Å². The molecule has 1 nitrogen and oxygen atoms in total. The van der Waals surface area contributed by atoms with Crippen LogP contribution in [0.15, 0.2) is 47.2 Å². The number of hydrogen-bond acceptors (Lipinski definition) is 1. The number of hydrogen-bond donors (Lipinski definition) is 0. The summed E-state index contributed by atoms with van der Waals surface area (Å²) in [5.41, 5.74) is 1.32. The zero-order valence-electron chi connectivity index (χ0n) is 7.57. The van der Waals surface area contributed by atoms with Gasteiger partial charge in [0, 0.05) is 6.20 Å². The molecule has 0 unspecified atom stereocenters. The van der Waals surface area contributed by atoms with Gasteiger partial charge in [-0.1, -0.05) is 24.3 Å². The first-order valence-corrected chi connectivity index (χ1v) is 5.53. The van der Waals surface area contributed by atoms with Crippen LogP contribution in [0.2, 0.25) is 0 Å². The summed E-state index contributed by atoms with van der Waals surface area (Å²) in [5.74, 6) is 0. The van der Waals surface area contributed by atoms with Crippen molar-refractivity contribution in [2.24, 2.45) is 4.63 Å². The zero-order valence-corrected chi connectivity index (χ0v) is 8.57. The molecule has 65 valence electrons. The van der Waals surface area contributed by atoms with E-state index in [1.54, 1.807) is 0 Å². The van der Waals surface area contributed by atoms with Crippen LogP contribution in [-0.4, -0.2) is 9.31 Å². The van der Waals surface area contributed by atoms with Crippen LogP contribution in [0, 0.1) is 0 Å². The molecule has 1 aliphatic heterocycles. The Morgan fingerprint density at radius 3 is 2.64 bits per heavy atom. The summed E-state index contributed by atoms with van der Waals surface area (Å²) in [4.78, 5) is 0. The van der Waals surface area contributed by atoms with Gasteiger partial charge >= 0.3 is 0 Å². The monoisotopic (exact) mass is 194 g/mol. The average Bonchev–Trinajstić information content (AvgIpc) is 2.26. The van der Waals surface area contributed by atoms with Crippen molar-refractivity contribution in [3.8, 4) is 0 Å². The third kappa shape index (κ3) is 1.15. The summed E-state index contributed by atoms with van der Waals surface area (Å²) in [6.45, 7) is 0. The SMILES string of the molecule is C1=Cc2cc3ccccc3cc2[Si]=N1. The molecule has 2 aromatic rings. The molecule has 0 amide bonds. The summed E-state index contributed by atoms with van der Waals surface area (Å²) >= 11 is 0. The highest BCUT2D eigenvalue weighted by Gasteiger charge is 2.03. The van der Waals surface area contributed by atoms with E-state index in [0.29, 0.717) is 9.31 Å². The Morgan fingerprint density at radius 1 is 1.00 bits per heavy atom. The zero-order chi connectivity index (χ0) is 9.38. The van der Waals surface area contributed by atoms with Crippen molar-refractivity contribution in [1.29, 1.82) is 0 Å². The second kappa shape index (κ2) is 2.99. The predicted octanol–water partition coefficient (Wildman–Crippen LogP) is 2.34. The second-order valence-corrected chi connectivity index (χ2v) is 4.36. The van der Waals surface area contributed by atoms with E-state index in [1.165, 1.54) is 21.5 Å². The molecule has 0 saturated carbocycles. The number of nitrogens with zero attached hydrogens (tertiary/aromatic N) is 1. The number of rotatable bonds is 0. The van der Waals surface area contributed by atoms with Gasteiger partial charge in [0.1, 0.15) is 0 Å². The van der Waals surface area contributed by atoms with Gasteiger partial charge < -0.3 is 4.63 Å². The second-order valence-electron chi connectivity index (χ2n) is 3.34. The van der Waals surface area contributed by atoms with E-state index in [0.717, 1.165) is 0 Å². The van der Waals surface area contributed by atoms with Gasteiger partial charge in [0.05, 0.1) is 0 Å². The number of fused-ring (bicyclic) bond motifs is 2. The third-order valence-corrected chi connectivity index (χ3v) is 3.38. The Kier molecular flexibility index (Phi) is 1.67. The normalized spacial score (nSPS) is 13.1. The average molecular weight is 194 g/mol. The minimum absolute atomic E-state index is 0.574. The van der Waals surface area contributed by atoms with Crippen LogP contribution in [0.25, 0.3) is 16.8 Å². The van der Waals surface area contributed by atoms with Crippen molar-refractivity contribution in [3.63, 3.8) is 0 Å². The van der Waals surface area contributed by atoms with Gasteiger partial charge in [0.15, 0.2) is 9.31 Å². The maximum Gasteiger partial charge on any atom is 0.196 e. The van der Waals surface area contributed by atoms with Crippen molar-refractivity contribution < 1.29 is 0 Å². The molecule has 0 N–H and O–H groups in total. The molecule has 0 aromatic heterocycles. The Bertz CT molecular complexity index is 505. The summed E-state index contributed by atoms with van der Waals surface area (Å²) < 4.78 is 4.27. The van der Waals surface area contributed by atoms with Crippen LogP contribution in [0.5, 0.6) is 0 Å². The van der Waals surface area contributed by atoms with E-state index in [9.17, 15) is 0 Å². The lowest BCUT2D eigenvalue weighted by molar-refractivity contribution is 1.61. The molecule has 1 heterocycles. The molecular formula is C12H8NSi. The molecular weight excluding hydrogens is 186 g/mol. The molecule has 0 bridgehead atoms. The van der Waals surface area contributed by atoms with E-state index in [2.05, 4.69) is 47.1 Å². The van der Waals surface area contributed by atoms with Crippen LogP contribution < -0.4 is 5.19 Å². The fourth-order valence-electron chi connectivity index (χ4n) is 1.72. The number of benzene rings is 2. The lowest BCUT2D eigenvalue weighted by Crippen LogP contribution is -2.12. The lowest BCUT2D eigenvalue weighted by atomic mass is 10.1. The molecule has 0 fully saturated rings. The quantitative estimate of drug-likeness (QED) is 0.571. The van der Waals surface area contributed by atoms with Gasteiger partial charge in [0.25, 0.3) is 0 Å². The van der Waals surface area contributed by atoms with Crippen molar-refractivity contribution in [3.05, 3.63) is 48.2 Å². The molecule has 3 rings (SSSR count). The Labute approximate surface area is 84.6 Å². The maximum absolute atomic E-state index is 4.27. The molecule has 0 spiro atoms. The highest BCUT2D eigenvalue weighted by Crippen LogP contribution is 2.15. The van der Waals surface area contributed by atoms with E-state index in [4.69, 9.17) is 0 Å². The molecule has 2 aromatic carbocycles. The molecule has 14 heavy (non-hydrogen) atoms. The van der Waals surface area contributed by atoms with Gasteiger partial charge in [-0.15, -0.1) is 0 Å². The van der Waals surface area contributed by atoms with Crippen LogP contribution in [0.4, 0.5) is 0 Å². The molecule has 0 saturated heterocycles. The molecule has 1 aliphatic rings. The predicted molar refractivity (Wildman–Crippen MR) is 60.8 cm³/mol. The van der Waals surface area contributed by atoms with Crippen LogP contribution in [0.3, 0.4) is 0 Å².